The summed E-state index contributed by atoms with van der Waals surface area (Å²) in [6, 6.07) is 33.3. The molecule has 0 amide bonds. The lowest BCUT2D eigenvalue weighted by Crippen LogP contribution is -2.33. The standard InChI is InChI=1S/C26H21N2/c27-19-25-8-4-5-9-26(25)24-12-10-23(11-13-24)20-28-16-14-22(15-17-28)18-21-6-2-1-3-7-21/h1-17H,18,20H2/q+1. The maximum Gasteiger partial charge on any atom is 0.173 e. The molecule has 0 aliphatic rings. The average Bonchev–Trinajstić information content (AvgIpc) is 2.76. The molecule has 4 rings (SSSR count). The van der Waals surface area contributed by atoms with Crippen LogP contribution in [0.5, 0.6) is 0 Å². The Morgan fingerprint density at radius 1 is 0.643 bits per heavy atom. The fraction of sp³-hybridized carbons (Fsp3) is 0.0769. The maximum atomic E-state index is 9.29. The van der Waals surface area contributed by atoms with Gasteiger partial charge in [0.25, 0.3) is 0 Å². The SMILES string of the molecule is N#Cc1ccccc1-c1ccc(C[n+]2ccc(Cc3ccccc3)cc2)cc1. The van der Waals surface area contributed by atoms with Crippen molar-refractivity contribution >= 4 is 0 Å². The number of nitriles is 1. The number of hydrogen-bond donors (Lipinski definition) is 0. The molecule has 2 heteroatoms. The van der Waals surface area contributed by atoms with Crippen molar-refractivity contribution in [3.8, 4) is 17.2 Å². The summed E-state index contributed by atoms with van der Waals surface area (Å²) in [5, 5.41) is 9.29. The average molecular weight is 361 g/mol. The van der Waals surface area contributed by atoms with E-state index in [2.05, 4.69) is 83.7 Å². The van der Waals surface area contributed by atoms with Crippen LogP contribution in [0.1, 0.15) is 22.3 Å². The Kier molecular flexibility index (Phi) is 5.26. The van der Waals surface area contributed by atoms with Crippen molar-refractivity contribution < 1.29 is 4.57 Å². The third-order valence-corrected chi connectivity index (χ3v) is 4.89. The van der Waals surface area contributed by atoms with E-state index >= 15 is 0 Å². The van der Waals surface area contributed by atoms with E-state index in [0.717, 1.165) is 24.1 Å². The summed E-state index contributed by atoms with van der Waals surface area (Å²) in [5.41, 5.74) is 6.63. The molecular formula is C26H21N2+. The van der Waals surface area contributed by atoms with Gasteiger partial charge in [-0.15, -0.1) is 0 Å². The Morgan fingerprint density at radius 2 is 1.29 bits per heavy atom. The molecule has 0 fully saturated rings. The zero-order valence-corrected chi connectivity index (χ0v) is 15.6. The summed E-state index contributed by atoms with van der Waals surface area (Å²) in [7, 11) is 0. The first-order valence-corrected chi connectivity index (χ1v) is 9.42. The Balaban J connectivity index is 1.45. The number of aromatic nitrogens is 1. The fourth-order valence-corrected chi connectivity index (χ4v) is 3.38. The lowest BCUT2D eigenvalue weighted by atomic mass is 9.99. The smallest absolute Gasteiger partial charge is 0.173 e. The monoisotopic (exact) mass is 361 g/mol. The molecule has 0 bridgehead atoms. The van der Waals surface area contributed by atoms with E-state index in [9.17, 15) is 5.26 Å². The molecule has 0 saturated carbocycles. The second-order valence-corrected chi connectivity index (χ2v) is 6.90. The number of nitrogens with zero attached hydrogens (tertiary/aromatic N) is 2. The van der Waals surface area contributed by atoms with Crippen molar-refractivity contribution in [3.05, 3.63) is 126 Å². The van der Waals surface area contributed by atoms with E-state index in [1.165, 1.54) is 16.7 Å². The largest absolute Gasteiger partial charge is 0.201 e. The first-order valence-electron chi connectivity index (χ1n) is 9.42. The topological polar surface area (TPSA) is 27.7 Å². The molecule has 0 atom stereocenters. The summed E-state index contributed by atoms with van der Waals surface area (Å²) in [4.78, 5) is 0. The van der Waals surface area contributed by atoms with Crippen LogP contribution in [0.4, 0.5) is 0 Å². The second kappa shape index (κ2) is 8.33. The highest BCUT2D eigenvalue weighted by atomic mass is 14.9. The van der Waals surface area contributed by atoms with E-state index < -0.39 is 0 Å². The number of hydrogen-bond acceptors (Lipinski definition) is 1. The van der Waals surface area contributed by atoms with Gasteiger partial charge in [0.2, 0.25) is 0 Å². The first kappa shape index (κ1) is 17.7. The Bertz CT molecular complexity index is 1090. The number of pyridine rings is 1. The van der Waals surface area contributed by atoms with Gasteiger partial charge >= 0.3 is 0 Å². The molecule has 0 unspecified atom stereocenters. The van der Waals surface area contributed by atoms with Crippen LogP contribution in [0.3, 0.4) is 0 Å². The normalized spacial score (nSPS) is 10.4. The van der Waals surface area contributed by atoms with Crippen LogP contribution in [0.25, 0.3) is 11.1 Å². The third-order valence-electron chi connectivity index (χ3n) is 4.89. The van der Waals surface area contributed by atoms with Crippen molar-refractivity contribution in [2.75, 3.05) is 0 Å². The Labute approximate surface area is 166 Å². The molecular weight excluding hydrogens is 340 g/mol. The van der Waals surface area contributed by atoms with Gasteiger partial charge in [0, 0.05) is 17.7 Å². The minimum absolute atomic E-state index is 0.707. The molecule has 0 saturated heterocycles. The van der Waals surface area contributed by atoms with Gasteiger partial charge in [-0.05, 0) is 34.7 Å². The van der Waals surface area contributed by atoms with Crippen LogP contribution >= 0.6 is 0 Å². The van der Waals surface area contributed by atoms with E-state index in [1.54, 1.807) is 0 Å². The van der Waals surface area contributed by atoms with Crippen LogP contribution in [-0.4, -0.2) is 0 Å². The Hall–Kier alpha value is -3.70. The summed E-state index contributed by atoms with van der Waals surface area (Å²) in [6.45, 7) is 0.825. The van der Waals surface area contributed by atoms with Crippen LogP contribution < -0.4 is 4.57 Å². The highest BCUT2D eigenvalue weighted by molar-refractivity contribution is 5.70. The van der Waals surface area contributed by atoms with E-state index in [1.807, 2.05) is 30.3 Å². The second-order valence-electron chi connectivity index (χ2n) is 6.90. The fourth-order valence-electron chi connectivity index (χ4n) is 3.38. The van der Waals surface area contributed by atoms with Crippen molar-refractivity contribution in [2.24, 2.45) is 0 Å². The highest BCUT2D eigenvalue weighted by Crippen LogP contribution is 2.23. The Morgan fingerprint density at radius 3 is 2.00 bits per heavy atom. The zero-order chi connectivity index (χ0) is 19.2. The maximum absolute atomic E-state index is 9.29. The van der Waals surface area contributed by atoms with Gasteiger partial charge in [-0.25, -0.2) is 4.57 Å². The van der Waals surface area contributed by atoms with Crippen LogP contribution in [0.15, 0.2) is 103 Å². The molecule has 0 spiro atoms. The molecule has 1 heterocycles. The lowest BCUT2D eigenvalue weighted by molar-refractivity contribution is -0.688. The lowest BCUT2D eigenvalue weighted by Gasteiger charge is -2.05. The van der Waals surface area contributed by atoms with Crippen molar-refractivity contribution in [1.82, 2.24) is 0 Å². The summed E-state index contributed by atoms with van der Waals surface area (Å²) < 4.78 is 2.19. The van der Waals surface area contributed by atoms with Gasteiger partial charge in [0.1, 0.15) is 0 Å². The summed E-state index contributed by atoms with van der Waals surface area (Å²) in [5.74, 6) is 0. The van der Waals surface area contributed by atoms with Crippen molar-refractivity contribution in [1.29, 1.82) is 5.26 Å². The molecule has 4 aromatic rings. The quantitative estimate of drug-likeness (QED) is 0.452. The van der Waals surface area contributed by atoms with Gasteiger partial charge in [-0.1, -0.05) is 72.8 Å². The van der Waals surface area contributed by atoms with E-state index in [-0.39, 0.29) is 0 Å². The van der Waals surface area contributed by atoms with Crippen LogP contribution in [0, 0.1) is 11.3 Å². The van der Waals surface area contributed by atoms with Gasteiger partial charge in [-0.3, -0.25) is 0 Å². The molecule has 0 aliphatic carbocycles. The first-order chi connectivity index (χ1) is 13.8. The molecule has 2 nitrogen and oxygen atoms in total. The van der Waals surface area contributed by atoms with Crippen molar-refractivity contribution in [2.45, 2.75) is 13.0 Å². The van der Waals surface area contributed by atoms with Crippen molar-refractivity contribution in [3.63, 3.8) is 0 Å². The van der Waals surface area contributed by atoms with Gasteiger partial charge in [0.05, 0.1) is 11.6 Å². The molecule has 1 aromatic heterocycles. The van der Waals surface area contributed by atoms with Gasteiger partial charge in [0.15, 0.2) is 18.9 Å². The molecule has 28 heavy (non-hydrogen) atoms. The predicted molar refractivity (Wildman–Crippen MR) is 112 cm³/mol. The van der Waals surface area contributed by atoms with Crippen LogP contribution in [0.2, 0.25) is 0 Å². The highest BCUT2D eigenvalue weighted by Gasteiger charge is 2.07. The molecule has 134 valence electrons. The molecule has 0 radical (unpaired) electrons. The predicted octanol–water partition coefficient (Wildman–Crippen LogP) is 5.15. The van der Waals surface area contributed by atoms with E-state index in [0.29, 0.717) is 5.56 Å². The third kappa shape index (κ3) is 4.16. The molecule has 0 N–H and O–H groups in total. The van der Waals surface area contributed by atoms with Crippen LogP contribution in [-0.2, 0) is 13.0 Å². The number of benzene rings is 3. The van der Waals surface area contributed by atoms with Gasteiger partial charge in [-0.2, -0.15) is 5.26 Å². The summed E-state index contributed by atoms with van der Waals surface area (Å²) in [6.07, 6.45) is 5.23. The number of rotatable bonds is 5. The summed E-state index contributed by atoms with van der Waals surface area (Å²) >= 11 is 0. The zero-order valence-electron chi connectivity index (χ0n) is 15.6. The minimum atomic E-state index is 0.707. The molecule has 3 aromatic carbocycles. The van der Waals surface area contributed by atoms with Gasteiger partial charge < -0.3 is 0 Å². The minimum Gasteiger partial charge on any atom is -0.201 e. The van der Waals surface area contributed by atoms with E-state index in [4.69, 9.17) is 0 Å². The molecule has 0 aliphatic heterocycles.